The van der Waals surface area contributed by atoms with Gasteiger partial charge in [-0.2, -0.15) is 0 Å². The van der Waals surface area contributed by atoms with Crippen LogP contribution in [-0.2, 0) is 11.2 Å². The van der Waals surface area contributed by atoms with Gasteiger partial charge in [0.2, 0.25) is 5.91 Å². The van der Waals surface area contributed by atoms with Crippen LogP contribution in [-0.4, -0.2) is 17.4 Å². The summed E-state index contributed by atoms with van der Waals surface area (Å²) in [5.41, 5.74) is 8.93. The molecule has 2 aromatic rings. The van der Waals surface area contributed by atoms with Gasteiger partial charge in [-0.3, -0.25) is 4.79 Å². The third kappa shape index (κ3) is 4.22. The molecule has 2 aromatic carbocycles. The fraction of sp³-hybridized carbons (Fsp3) is 0.316. The molecule has 1 amide bonds. The van der Waals surface area contributed by atoms with Crippen molar-refractivity contribution in [2.75, 3.05) is 12.3 Å². The molecular weight excluding hydrogens is 343 g/mol. The lowest BCUT2D eigenvalue weighted by Gasteiger charge is -2.25. The number of amides is 1. The highest BCUT2D eigenvalue weighted by Gasteiger charge is 2.29. The van der Waals surface area contributed by atoms with Crippen LogP contribution in [0.25, 0.3) is 0 Å². The minimum atomic E-state index is 0. The van der Waals surface area contributed by atoms with E-state index in [0.717, 1.165) is 35.7 Å². The zero-order valence-corrected chi connectivity index (χ0v) is 15.0. The highest BCUT2D eigenvalue weighted by atomic mass is 35.5. The van der Waals surface area contributed by atoms with Gasteiger partial charge in [0.1, 0.15) is 0 Å². The lowest BCUT2D eigenvalue weighted by molar-refractivity contribution is -0.132. The second-order valence-electron chi connectivity index (χ2n) is 6.00. The smallest absolute Gasteiger partial charge is 0.223 e. The number of aryl methyl sites for hydroxylation is 1. The fourth-order valence-corrected chi connectivity index (χ4v) is 3.37. The Kier molecular flexibility index (Phi) is 6.52. The number of nitrogens with two attached hydrogens (primary N) is 1. The van der Waals surface area contributed by atoms with E-state index >= 15 is 0 Å². The molecule has 1 aliphatic heterocycles. The summed E-state index contributed by atoms with van der Waals surface area (Å²) < 4.78 is 0. The maximum Gasteiger partial charge on any atom is 0.223 e. The summed E-state index contributed by atoms with van der Waals surface area (Å²) in [6.45, 7) is 0.830. The lowest BCUT2D eigenvalue weighted by atomic mass is 10.0. The van der Waals surface area contributed by atoms with Gasteiger partial charge in [0.05, 0.1) is 6.04 Å². The number of carbonyl (C=O) groups is 1. The van der Waals surface area contributed by atoms with Crippen molar-refractivity contribution in [3.05, 3.63) is 64.7 Å². The Labute approximate surface area is 154 Å². The number of para-hydroxylation sites is 1. The number of halogens is 2. The van der Waals surface area contributed by atoms with E-state index in [-0.39, 0.29) is 24.4 Å². The second kappa shape index (κ2) is 8.41. The number of benzene rings is 2. The van der Waals surface area contributed by atoms with E-state index in [1.807, 2.05) is 53.4 Å². The molecule has 0 aliphatic carbocycles. The molecule has 3 nitrogen and oxygen atoms in total. The van der Waals surface area contributed by atoms with Crippen LogP contribution in [0.5, 0.6) is 0 Å². The normalized spacial score (nSPS) is 16.7. The standard InChI is InChI=1S/C19H21ClN2O.ClH/c20-16-10-7-15(8-11-16)18-6-3-13-22(18)19(23)12-9-14-4-1-2-5-17(14)21;/h1-2,4-5,7-8,10-11,18H,3,6,9,12-13,21H2;1H. The summed E-state index contributed by atoms with van der Waals surface area (Å²) in [5, 5.41) is 0.726. The van der Waals surface area contributed by atoms with Crippen LogP contribution in [0, 0.1) is 0 Å². The van der Waals surface area contributed by atoms with Gasteiger partial charge in [-0.25, -0.2) is 0 Å². The van der Waals surface area contributed by atoms with E-state index < -0.39 is 0 Å². The molecule has 0 bridgehead atoms. The Hall–Kier alpha value is -1.71. The molecule has 0 radical (unpaired) electrons. The molecule has 0 saturated carbocycles. The van der Waals surface area contributed by atoms with E-state index in [0.29, 0.717) is 12.8 Å². The number of likely N-dealkylation sites (tertiary alicyclic amines) is 1. The van der Waals surface area contributed by atoms with Crippen LogP contribution >= 0.6 is 24.0 Å². The maximum atomic E-state index is 12.6. The molecule has 1 saturated heterocycles. The van der Waals surface area contributed by atoms with Crippen LogP contribution in [0.4, 0.5) is 5.69 Å². The predicted molar refractivity (Wildman–Crippen MR) is 102 cm³/mol. The fourth-order valence-electron chi connectivity index (χ4n) is 3.24. The van der Waals surface area contributed by atoms with Crippen LogP contribution < -0.4 is 5.73 Å². The van der Waals surface area contributed by atoms with Crippen molar-refractivity contribution in [1.29, 1.82) is 0 Å². The lowest BCUT2D eigenvalue weighted by Crippen LogP contribution is -2.30. The van der Waals surface area contributed by atoms with Crippen molar-refractivity contribution in [2.45, 2.75) is 31.7 Å². The van der Waals surface area contributed by atoms with E-state index in [1.165, 1.54) is 5.56 Å². The van der Waals surface area contributed by atoms with Crippen molar-refractivity contribution in [1.82, 2.24) is 4.90 Å². The molecule has 1 fully saturated rings. The van der Waals surface area contributed by atoms with Gasteiger partial charge in [0.15, 0.2) is 0 Å². The number of anilines is 1. The molecule has 1 unspecified atom stereocenters. The Morgan fingerprint density at radius 1 is 1.17 bits per heavy atom. The molecule has 0 aromatic heterocycles. The largest absolute Gasteiger partial charge is 0.399 e. The first-order valence-corrected chi connectivity index (χ1v) is 8.41. The zero-order chi connectivity index (χ0) is 16.2. The van der Waals surface area contributed by atoms with Crippen molar-refractivity contribution in [3.8, 4) is 0 Å². The van der Waals surface area contributed by atoms with Gasteiger partial charge in [0, 0.05) is 23.7 Å². The highest BCUT2D eigenvalue weighted by molar-refractivity contribution is 6.30. The first-order chi connectivity index (χ1) is 11.1. The van der Waals surface area contributed by atoms with Crippen LogP contribution in [0.1, 0.15) is 36.4 Å². The van der Waals surface area contributed by atoms with E-state index in [2.05, 4.69) is 0 Å². The van der Waals surface area contributed by atoms with Crippen molar-refractivity contribution < 1.29 is 4.79 Å². The molecule has 2 N–H and O–H groups in total. The van der Waals surface area contributed by atoms with Crippen LogP contribution in [0.2, 0.25) is 5.02 Å². The zero-order valence-electron chi connectivity index (χ0n) is 13.5. The molecule has 24 heavy (non-hydrogen) atoms. The molecule has 0 spiro atoms. The summed E-state index contributed by atoms with van der Waals surface area (Å²) in [4.78, 5) is 14.6. The molecule has 3 rings (SSSR count). The first kappa shape index (κ1) is 18.6. The van der Waals surface area contributed by atoms with Gasteiger partial charge in [-0.05, 0) is 48.6 Å². The summed E-state index contributed by atoms with van der Waals surface area (Å²) in [7, 11) is 0. The number of hydrogen-bond donors (Lipinski definition) is 1. The van der Waals surface area contributed by atoms with Gasteiger partial charge in [-0.1, -0.05) is 41.9 Å². The molecule has 1 heterocycles. The highest BCUT2D eigenvalue weighted by Crippen LogP contribution is 2.33. The maximum absolute atomic E-state index is 12.6. The molecular formula is C19H22Cl2N2O. The third-order valence-corrected chi connectivity index (χ3v) is 4.74. The van der Waals surface area contributed by atoms with Gasteiger partial charge in [-0.15, -0.1) is 12.4 Å². The quantitative estimate of drug-likeness (QED) is 0.803. The Bertz CT molecular complexity index is 688. The van der Waals surface area contributed by atoms with Gasteiger partial charge < -0.3 is 10.6 Å². The SMILES string of the molecule is Cl.Nc1ccccc1CCC(=O)N1CCCC1c1ccc(Cl)cc1. The predicted octanol–water partition coefficient (Wildman–Crippen LogP) is 4.64. The molecule has 5 heteroatoms. The van der Waals surface area contributed by atoms with Gasteiger partial charge >= 0.3 is 0 Å². The summed E-state index contributed by atoms with van der Waals surface area (Å²) in [6, 6.07) is 15.7. The topological polar surface area (TPSA) is 46.3 Å². The molecule has 128 valence electrons. The number of nitrogen functional groups attached to an aromatic ring is 1. The van der Waals surface area contributed by atoms with E-state index in [1.54, 1.807) is 0 Å². The third-order valence-electron chi connectivity index (χ3n) is 4.49. The van der Waals surface area contributed by atoms with Crippen LogP contribution in [0.3, 0.4) is 0 Å². The van der Waals surface area contributed by atoms with E-state index in [4.69, 9.17) is 17.3 Å². The van der Waals surface area contributed by atoms with Crippen LogP contribution in [0.15, 0.2) is 48.5 Å². The summed E-state index contributed by atoms with van der Waals surface area (Å²) >= 11 is 5.96. The number of rotatable bonds is 4. The van der Waals surface area contributed by atoms with Gasteiger partial charge in [0.25, 0.3) is 0 Å². The van der Waals surface area contributed by atoms with Crippen molar-refractivity contribution in [2.24, 2.45) is 0 Å². The summed E-state index contributed by atoms with van der Waals surface area (Å²) in [6.07, 6.45) is 3.25. The Balaban J connectivity index is 0.00000208. The molecule has 1 aliphatic rings. The second-order valence-corrected chi connectivity index (χ2v) is 6.43. The molecule has 1 atom stereocenters. The Morgan fingerprint density at radius 2 is 1.88 bits per heavy atom. The average molecular weight is 365 g/mol. The minimum Gasteiger partial charge on any atom is -0.399 e. The number of nitrogens with zero attached hydrogens (tertiary/aromatic N) is 1. The minimum absolute atomic E-state index is 0. The van der Waals surface area contributed by atoms with E-state index in [9.17, 15) is 4.79 Å². The van der Waals surface area contributed by atoms with Crippen molar-refractivity contribution in [3.63, 3.8) is 0 Å². The first-order valence-electron chi connectivity index (χ1n) is 8.03. The number of carbonyl (C=O) groups excluding carboxylic acids is 1. The number of hydrogen-bond acceptors (Lipinski definition) is 2. The average Bonchev–Trinajstić information content (AvgIpc) is 3.04. The Morgan fingerprint density at radius 3 is 2.58 bits per heavy atom. The summed E-state index contributed by atoms with van der Waals surface area (Å²) in [5.74, 6) is 0.200. The van der Waals surface area contributed by atoms with Crippen molar-refractivity contribution >= 4 is 35.6 Å². The monoisotopic (exact) mass is 364 g/mol.